The number of hydrogen-bond donors (Lipinski definition) is 2. The van der Waals surface area contributed by atoms with Crippen molar-refractivity contribution in [3.8, 4) is 0 Å². The third kappa shape index (κ3) is 4.99. The van der Waals surface area contributed by atoms with Crippen LogP contribution in [0.1, 0.15) is 26.2 Å². The van der Waals surface area contributed by atoms with Crippen LogP contribution < -0.4 is 10.2 Å². The van der Waals surface area contributed by atoms with Crippen LogP contribution in [0.15, 0.2) is 12.3 Å². The van der Waals surface area contributed by atoms with Gasteiger partial charge in [-0.05, 0) is 32.3 Å². The molecule has 1 aromatic rings. The molecule has 96 valence electrons. The molecule has 5 heteroatoms. The topological polar surface area (TPSA) is 61.3 Å². The Labute approximate surface area is 103 Å². The van der Waals surface area contributed by atoms with Crippen molar-refractivity contribution in [2.24, 2.45) is 0 Å². The second-order valence-electron chi connectivity index (χ2n) is 3.97. The number of hydrogen-bond acceptors (Lipinski definition) is 5. The predicted molar refractivity (Wildman–Crippen MR) is 70.4 cm³/mol. The van der Waals surface area contributed by atoms with Crippen LogP contribution in [0.5, 0.6) is 0 Å². The van der Waals surface area contributed by atoms with Gasteiger partial charge in [0, 0.05) is 32.9 Å². The zero-order valence-electron chi connectivity index (χ0n) is 10.7. The minimum absolute atomic E-state index is 0.280. The summed E-state index contributed by atoms with van der Waals surface area (Å²) in [6.07, 6.45) is 4.76. The Balaban J connectivity index is 2.44. The van der Waals surface area contributed by atoms with E-state index in [1.165, 1.54) is 0 Å². The lowest BCUT2D eigenvalue weighted by molar-refractivity contribution is 0.283. The summed E-state index contributed by atoms with van der Waals surface area (Å²) < 4.78 is 0. The summed E-state index contributed by atoms with van der Waals surface area (Å²) in [5.74, 6) is 1.60. The molecule has 0 radical (unpaired) electrons. The van der Waals surface area contributed by atoms with Crippen molar-refractivity contribution in [3.05, 3.63) is 12.3 Å². The molecule has 5 nitrogen and oxygen atoms in total. The largest absolute Gasteiger partial charge is 0.396 e. The molecule has 0 unspecified atom stereocenters. The van der Waals surface area contributed by atoms with Crippen molar-refractivity contribution in [2.45, 2.75) is 26.2 Å². The molecule has 0 aliphatic heterocycles. The monoisotopic (exact) mass is 238 g/mol. The summed E-state index contributed by atoms with van der Waals surface area (Å²) in [5.41, 5.74) is 0. The van der Waals surface area contributed by atoms with E-state index in [-0.39, 0.29) is 6.61 Å². The first-order chi connectivity index (χ1) is 8.27. The summed E-state index contributed by atoms with van der Waals surface area (Å²) in [7, 11) is 2.02. The molecule has 1 aromatic heterocycles. The minimum Gasteiger partial charge on any atom is -0.396 e. The van der Waals surface area contributed by atoms with Crippen LogP contribution in [0, 0.1) is 0 Å². The lowest BCUT2D eigenvalue weighted by Crippen LogP contribution is -2.20. The van der Waals surface area contributed by atoms with Crippen LogP contribution in [-0.2, 0) is 0 Å². The number of aliphatic hydroxyl groups excluding tert-OH is 1. The first-order valence-corrected chi connectivity index (χ1v) is 6.16. The van der Waals surface area contributed by atoms with Gasteiger partial charge in [-0.2, -0.15) is 4.98 Å². The lowest BCUT2D eigenvalue weighted by Gasteiger charge is -2.18. The average molecular weight is 238 g/mol. The fourth-order valence-electron chi connectivity index (χ4n) is 1.56. The van der Waals surface area contributed by atoms with Crippen LogP contribution in [0.2, 0.25) is 0 Å². The van der Waals surface area contributed by atoms with Gasteiger partial charge in [-0.3, -0.25) is 0 Å². The highest BCUT2D eigenvalue weighted by Crippen LogP contribution is 2.11. The maximum absolute atomic E-state index is 8.70. The van der Waals surface area contributed by atoms with Gasteiger partial charge in [0.1, 0.15) is 5.82 Å². The Morgan fingerprint density at radius 1 is 1.35 bits per heavy atom. The van der Waals surface area contributed by atoms with Crippen LogP contribution >= 0.6 is 0 Å². The van der Waals surface area contributed by atoms with Gasteiger partial charge in [0.25, 0.3) is 0 Å². The molecule has 0 fully saturated rings. The minimum atomic E-state index is 0.280. The van der Waals surface area contributed by atoms with Gasteiger partial charge in [0.05, 0.1) is 0 Å². The third-order valence-electron chi connectivity index (χ3n) is 2.52. The number of anilines is 2. The molecule has 0 aliphatic carbocycles. The molecule has 1 heterocycles. The fourth-order valence-corrected chi connectivity index (χ4v) is 1.56. The van der Waals surface area contributed by atoms with E-state index < -0.39 is 0 Å². The molecule has 0 saturated carbocycles. The van der Waals surface area contributed by atoms with Crippen molar-refractivity contribution in [1.82, 2.24) is 9.97 Å². The van der Waals surface area contributed by atoms with Gasteiger partial charge in [0.2, 0.25) is 5.95 Å². The van der Waals surface area contributed by atoms with Crippen molar-refractivity contribution >= 4 is 11.8 Å². The van der Waals surface area contributed by atoms with E-state index in [1.54, 1.807) is 6.20 Å². The highest BCUT2D eigenvalue weighted by atomic mass is 16.2. The molecule has 0 spiro atoms. The van der Waals surface area contributed by atoms with E-state index in [0.29, 0.717) is 5.95 Å². The Hall–Kier alpha value is -1.36. The Kier molecular flexibility index (Phi) is 6.32. The molecule has 0 amide bonds. The van der Waals surface area contributed by atoms with Gasteiger partial charge in [-0.15, -0.1) is 0 Å². The van der Waals surface area contributed by atoms with E-state index in [0.717, 1.165) is 38.2 Å². The van der Waals surface area contributed by atoms with E-state index in [1.807, 2.05) is 20.0 Å². The first-order valence-electron chi connectivity index (χ1n) is 6.16. The van der Waals surface area contributed by atoms with E-state index in [9.17, 15) is 0 Å². The Morgan fingerprint density at radius 2 is 2.18 bits per heavy atom. The smallest absolute Gasteiger partial charge is 0.224 e. The van der Waals surface area contributed by atoms with Gasteiger partial charge < -0.3 is 15.3 Å². The van der Waals surface area contributed by atoms with Gasteiger partial charge >= 0.3 is 0 Å². The van der Waals surface area contributed by atoms with Gasteiger partial charge in [0.15, 0.2) is 0 Å². The Morgan fingerprint density at radius 3 is 2.88 bits per heavy atom. The molecule has 0 atom stereocenters. The maximum Gasteiger partial charge on any atom is 0.224 e. The van der Waals surface area contributed by atoms with Crippen LogP contribution in [0.3, 0.4) is 0 Å². The maximum atomic E-state index is 8.70. The SMILES string of the molecule is CCNc1nccc(N(C)CCCCCO)n1. The third-order valence-corrected chi connectivity index (χ3v) is 2.52. The number of nitrogens with zero attached hydrogens (tertiary/aromatic N) is 3. The molecular weight excluding hydrogens is 216 g/mol. The molecule has 2 N–H and O–H groups in total. The van der Waals surface area contributed by atoms with E-state index >= 15 is 0 Å². The average Bonchev–Trinajstić information content (AvgIpc) is 2.35. The predicted octanol–water partition coefficient (Wildman–Crippen LogP) is 1.51. The number of aromatic nitrogens is 2. The van der Waals surface area contributed by atoms with Crippen LogP contribution in [0.25, 0.3) is 0 Å². The fraction of sp³-hybridized carbons (Fsp3) is 0.667. The highest BCUT2D eigenvalue weighted by molar-refractivity contribution is 5.41. The molecule has 1 rings (SSSR count). The van der Waals surface area contributed by atoms with Crippen molar-refractivity contribution < 1.29 is 5.11 Å². The second kappa shape index (κ2) is 7.84. The summed E-state index contributed by atoms with van der Waals surface area (Å²) in [6.45, 7) is 4.07. The van der Waals surface area contributed by atoms with Gasteiger partial charge in [-0.1, -0.05) is 0 Å². The Bertz CT molecular complexity index is 319. The molecule has 0 bridgehead atoms. The molecule has 0 saturated heterocycles. The standard InChI is InChI=1S/C12H22N4O/c1-3-13-12-14-8-7-11(15-12)16(2)9-5-4-6-10-17/h7-8,17H,3-6,9-10H2,1-2H3,(H,13,14,15). The van der Waals surface area contributed by atoms with Crippen molar-refractivity contribution in [3.63, 3.8) is 0 Å². The normalized spacial score (nSPS) is 10.3. The van der Waals surface area contributed by atoms with Crippen LogP contribution in [-0.4, -0.2) is 41.8 Å². The molecule has 17 heavy (non-hydrogen) atoms. The van der Waals surface area contributed by atoms with Crippen molar-refractivity contribution in [1.29, 1.82) is 0 Å². The number of nitrogens with one attached hydrogen (secondary N) is 1. The molecular formula is C12H22N4O. The van der Waals surface area contributed by atoms with Gasteiger partial charge in [-0.25, -0.2) is 4.98 Å². The lowest BCUT2D eigenvalue weighted by atomic mass is 10.2. The second-order valence-corrected chi connectivity index (χ2v) is 3.97. The van der Waals surface area contributed by atoms with Crippen molar-refractivity contribution in [2.75, 3.05) is 37.0 Å². The first kappa shape index (κ1) is 13.7. The highest BCUT2D eigenvalue weighted by Gasteiger charge is 2.03. The summed E-state index contributed by atoms with van der Waals surface area (Å²) in [4.78, 5) is 10.7. The summed E-state index contributed by atoms with van der Waals surface area (Å²) in [6, 6.07) is 1.91. The zero-order chi connectivity index (χ0) is 12.5. The summed E-state index contributed by atoms with van der Waals surface area (Å²) >= 11 is 0. The number of rotatable bonds is 8. The number of unbranched alkanes of at least 4 members (excludes halogenated alkanes) is 2. The zero-order valence-corrected chi connectivity index (χ0v) is 10.7. The quantitative estimate of drug-likeness (QED) is 0.672. The van der Waals surface area contributed by atoms with E-state index in [4.69, 9.17) is 5.11 Å². The summed E-state index contributed by atoms with van der Waals surface area (Å²) in [5, 5.41) is 11.8. The number of aliphatic hydroxyl groups is 1. The molecule has 0 aromatic carbocycles. The van der Waals surface area contributed by atoms with E-state index in [2.05, 4.69) is 20.2 Å². The van der Waals surface area contributed by atoms with Crippen LogP contribution in [0.4, 0.5) is 11.8 Å². The molecule has 0 aliphatic rings.